The second-order valence-electron chi connectivity index (χ2n) is 4.98. The van der Waals surface area contributed by atoms with Crippen LogP contribution in [0.25, 0.3) is 0 Å². The van der Waals surface area contributed by atoms with Crippen molar-refractivity contribution in [3.05, 3.63) is 28.5 Å². The first-order chi connectivity index (χ1) is 9.15. The predicted octanol–water partition coefficient (Wildman–Crippen LogP) is 2.78. The van der Waals surface area contributed by atoms with Crippen LogP contribution < -0.4 is 5.32 Å². The zero-order valence-electron chi connectivity index (χ0n) is 11.1. The Morgan fingerprint density at radius 1 is 1.58 bits per heavy atom. The molecule has 0 aliphatic carbocycles. The van der Waals surface area contributed by atoms with E-state index in [0.29, 0.717) is 24.3 Å². The van der Waals surface area contributed by atoms with Gasteiger partial charge in [0.25, 0.3) is 5.91 Å². The van der Waals surface area contributed by atoms with Crippen molar-refractivity contribution < 1.29 is 9.53 Å². The SMILES string of the molecule is C[C@@H]1C[C@H](CCNC(=O)c2ccc(Br)cn2)CCO1. The lowest BCUT2D eigenvalue weighted by Crippen LogP contribution is -2.29. The third-order valence-corrected chi connectivity index (χ3v) is 3.86. The van der Waals surface area contributed by atoms with Gasteiger partial charge in [0.1, 0.15) is 5.69 Å². The second-order valence-corrected chi connectivity index (χ2v) is 5.89. The average molecular weight is 327 g/mol. The molecule has 1 aliphatic heterocycles. The van der Waals surface area contributed by atoms with Crippen LogP contribution in [0, 0.1) is 5.92 Å². The van der Waals surface area contributed by atoms with Crippen LogP contribution in [0.15, 0.2) is 22.8 Å². The number of rotatable bonds is 4. The van der Waals surface area contributed by atoms with E-state index >= 15 is 0 Å². The third-order valence-electron chi connectivity index (χ3n) is 3.39. The molecule has 5 heteroatoms. The lowest BCUT2D eigenvalue weighted by Gasteiger charge is -2.27. The molecule has 2 heterocycles. The highest BCUT2D eigenvalue weighted by molar-refractivity contribution is 9.10. The van der Waals surface area contributed by atoms with E-state index < -0.39 is 0 Å². The van der Waals surface area contributed by atoms with Crippen LogP contribution in [-0.4, -0.2) is 30.1 Å². The van der Waals surface area contributed by atoms with Gasteiger partial charge >= 0.3 is 0 Å². The number of carbonyl (C=O) groups is 1. The zero-order chi connectivity index (χ0) is 13.7. The van der Waals surface area contributed by atoms with Gasteiger partial charge in [0.2, 0.25) is 0 Å². The first kappa shape index (κ1) is 14.5. The summed E-state index contributed by atoms with van der Waals surface area (Å²) >= 11 is 3.30. The van der Waals surface area contributed by atoms with Crippen LogP contribution in [0.4, 0.5) is 0 Å². The number of hydrogen-bond acceptors (Lipinski definition) is 3. The maximum atomic E-state index is 11.8. The Balaban J connectivity index is 1.73. The van der Waals surface area contributed by atoms with E-state index in [9.17, 15) is 4.79 Å². The van der Waals surface area contributed by atoms with Gasteiger partial charge in [0.15, 0.2) is 0 Å². The van der Waals surface area contributed by atoms with E-state index in [2.05, 4.69) is 33.2 Å². The Morgan fingerprint density at radius 3 is 3.11 bits per heavy atom. The largest absolute Gasteiger partial charge is 0.378 e. The number of carbonyl (C=O) groups excluding carboxylic acids is 1. The van der Waals surface area contributed by atoms with Crippen molar-refractivity contribution in [2.75, 3.05) is 13.2 Å². The number of aromatic nitrogens is 1. The van der Waals surface area contributed by atoms with Gasteiger partial charge in [-0.25, -0.2) is 4.98 Å². The van der Waals surface area contributed by atoms with Gasteiger partial charge in [-0.15, -0.1) is 0 Å². The van der Waals surface area contributed by atoms with E-state index in [1.807, 2.05) is 6.07 Å². The second kappa shape index (κ2) is 7.01. The highest BCUT2D eigenvalue weighted by Crippen LogP contribution is 2.22. The Hall–Kier alpha value is -0.940. The lowest BCUT2D eigenvalue weighted by atomic mass is 9.93. The number of hydrogen-bond donors (Lipinski definition) is 1. The van der Waals surface area contributed by atoms with Gasteiger partial charge in [-0.2, -0.15) is 0 Å². The van der Waals surface area contributed by atoms with Crippen LogP contribution in [0.3, 0.4) is 0 Å². The smallest absolute Gasteiger partial charge is 0.269 e. The van der Waals surface area contributed by atoms with Gasteiger partial charge < -0.3 is 10.1 Å². The first-order valence-corrected chi connectivity index (χ1v) is 7.46. The number of ether oxygens (including phenoxy) is 1. The monoisotopic (exact) mass is 326 g/mol. The summed E-state index contributed by atoms with van der Waals surface area (Å²) in [7, 11) is 0. The van der Waals surface area contributed by atoms with E-state index in [4.69, 9.17) is 4.74 Å². The van der Waals surface area contributed by atoms with Crippen LogP contribution >= 0.6 is 15.9 Å². The van der Waals surface area contributed by atoms with E-state index in [0.717, 1.165) is 30.3 Å². The third kappa shape index (κ3) is 4.58. The molecule has 0 unspecified atom stereocenters. The minimum absolute atomic E-state index is 0.104. The fourth-order valence-electron chi connectivity index (χ4n) is 2.34. The number of halogens is 1. The lowest BCUT2D eigenvalue weighted by molar-refractivity contribution is 0.00109. The topological polar surface area (TPSA) is 51.2 Å². The molecular weight excluding hydrogens is 308 g/mol. The van der Waals surface area contributed by atoms with Gasteiger partial charge in [-0.05, 0) is 60.2 Å². The summed E-state index contributed by atoms with van der Waals surface area (Å²) in [6, 6.07) is 3.54. The van der Waals surface area contributed by atoms with Crippen LogP contribution in [-0.2, 0) is 4.74 Å². The number of pyridine rings is 1. The zero-order valence-corrected chi connectivity index (χ0v) is 12.6. The molecule has 2 rings (SSSR count). The van der Waals surface area contributed by atoms with Crippen molar-refractivity contribution in [3.63, 3.8) is 0 Å². The normalized spacial score (nSPS) is 23.1. The van der Waals surface area contributed by atoms with Crippen molar-refractivity contribution in [2.24, 2.45) is 5.92 Å². The quantitative estimate of drug-likeness (QED) is 0.925. The van der Waals surface area contributed by atoms with Gasteiger partial charge in [-0.3, -0.25) is 4.79 Å². The Kier molecular flexibility index (Phi) is 5.34. The van der Waals surface area contributed by atoms with Crippen LogP contribution in [0.1, 0.15) is 36.7 Å². The molecule has 1 amide bonds. The molecule has 1 N–H and O–H groups in total. The van der Waals surface area contributed by atoms with E-state index in [1.165, 1.54) is 0 Å². The van der Waals surface area contributed by atoms with Crippen molar-refractivity contribution in [1.82, 2.24) is 10.3 Å². The van der Waals surface area contributed by atoms with Crippen molar-refractivity contribution in [2.45, 2.75) is 32.3 Å². The molecule has 1 fully saturated rings. The van der Waals surface area contributed by atoms with Gasteiger partial charge in [-0.1, -0.05) is 0 Å². The minimum atomic E-state index is -0.104. The molecule has 104 valence electrons. The molecule has 2 atom stereocenters. The van der Waals surface area contributed by atoms with Crippen LogP contribution in [0.2, 0.25) is 0 Å². The molecule has 1 aliphatic rings. The molecular formula is C14H19BrN2O2. The average Bonchev–Trinajstić information content (AvgIpc) is 2.39. The molecule has 0 bridgehead atoms. The summed E-state index contributed by atoms with van der Waals surface area (Å²) in [5.74, 6) is 0.550. The van der Waals surface area contributed by atoms with Crippen molar-refractivity contribution in [1.29, 1.82) is 0 Å². The molecule has 0 saturated carbocycles. The maximum Gasteiger partial charge on any atom is 0.269 e. The van der Waals surface area contributed by atoms with E-state index in [-0.39, 0.29) is 5.91 Å². The number of amides is 1. The molecule has 4 nitrogen and oxygen atoms in total. The molecule has 1 saturated heterocycles. The Bertz CT molecular complexity index is 422. The molecule has 0 radical (unpaired) electrons. The standard InChI is InChI=1S/C14H19BrN2O2/c1-10-8-11(5-7-19-10)4-6-16-14(18)13-3-2-12(15)9-17-13/h2-3,9-11H,4-8H2,1H3,(H,16,18)/t10-,11-/m1/s1. The van der Waals surface area contributed by atoms with Crippen molar-refractivity contribution >= 4 is 21.8 Å². The Labute approximate surface area is 122 Å². The fourth-order valence-corrected chi connectivity index (χ4v) is 2.58. The fraction of sp³-hybridized carbons (Fsp3) is 0.571. The number of nitrogens with one attached hydrogen (secondary N) is 1. The van der Waals surface area contributed by atoms with Crippen molar-refractivity contribution in [3.8, 4) is 0 Å². The minimum Gasteiger partial charge on any atom is -0.378 e. The molecule has 1 aromatic rings. The summed E-state index contributed by atoms with van der Waals surface area (Å²) in [6.07, 6.45) is 5.18. The maximum absolute atomic E-state index is 11.8. The first-order valence-electron chi connectivity index (χ1n) is 6.66. The van der Waals surface area contributed by atoms with E-state index in [1.54, 1.807) is 12.3 Å². The summed E-state index contributed by atoms with van der Waals surface area (Å²) in [5.41, 5.74) is 0.462. The summed E-state index contributed by atoms with van der Waals surface area (Å²) < 4.78 is 6.39. The highest BCUT2D eigenvalue weighted by Gasteiger charge is 2.19. The summed E-state index contributed by atoms with van der Waals surface area (Å²) in [5, 5.41) is 2.92. The predicted molar refractivity (Wildman–Crippen MR) is 77.0 cm³/mol. The number of nitrogens with zero attached hydrogens (tertiary/aromatic N) is 1. The van der Waals surface area contributed by atoms with Gasteiger partial charge in [0.05, 0.1) is 6.10 Å². The molecule has 0 aromatic carbocycles. The molecule has 0 spiro atoms. The molecule has 19 heavy (non-hydrogen) atoms. The summed E-state index contributed by atoms with van der Waals surface area (Å²) in [4.78, 5) is 15.9. The van der Waals surface area contributed by atoms with Gasteiger partial charge in [0, 0.05) is 23.8 Å². The highest BCUT2D eigenvalue weighted by atomic mass is 79.9. The molecule has 1 aromatic heterocycles. The Morgan fingerprint density at radius 2 is 2.42 bits per heavy atom. The summed E-state index contributed by atoms with van der Waals surface area (Å²) in [6.45, 7) is 3.65. The van der Waals surface area contributed by atoms with Crippen LogP contribution in [0.5, 0.6) is 0 Å².